The minimum absolute atomic E-state index is 0.874. The summed E-state index contributed by atoms with van der Waals surface area (Å²) in [4.78, 5) is 0. The lowest BCUT2D eigenvalue weighted by molar-refractivity contribution is 0.177. The maximum atomic E-state index is 2.43. The van der Waals surface area contributed by atoms with Gasteiger partial charge in [-0.2, -0.15) is 0 Å². The van der Waals surface area contributed by atoms with E-state index in [0.29, 0.717) is 0 Å². The minimum atomic E-state index is 0.874. The molecule has 0 radical (unpaired) electrons. The molecule has 1 saturated carbocycles. The summed E-state index contributed by atoms with van der Waals surface area (Å²) in [6.07, 6.45) is 4.28. The van der Waals surface area contributed by atoms with Gasteiger partial charge in [0.15, 0.2) is 0 Å². The van der Waals surface area contributed by atoms with Crippen LogP contribution in [0.4, 0.5) is 0 Å². The lowest BCUT2D eigenvalue weighted by atomic mass is 9.74. The largest absolute Gasteiger partial charge is 0.0651 e. The molecule has 0 bridgehead atoms. The Morgan fingerprint density at radius 3 is 1.87 bits per heavy atom. The summed E-state index contributed by atoms with van der Waals surface area (Å²) in [6, 6.07) is 0. The van der Waals surface area contributed by atoms with Gasteiger partial charge in [0, 0.05) is 0 Å². The molecule has 0 saturated heterocycles. The molecule has 1 fully saturated rings. The summed E-state index contributed by atoms with van der Waals surface area (Å²) in [6.45, 7) is 14.5. The van der Waals surface area contributed by atoms with E-state index in [1.165, 1.54) is 19.3 Å². The van der Waals surface area contributed by atoms with E-state index in [1.54, 1.807) is 0 Å². The third-order valence-electron chi connectivity index (χ3n) is 4.79. The average Bonchev–Trinajstić information content (AvgIpc) is 2.55. The second-order valence-electron chi connectivity index (χ2n) is 6.21. The average molecular weight is 210 g/mol. The lowest BCUT2D eigenvalue weighted by Gasteiger charge is -2.31. The van der Waals surface area contributed by atoms with Crippen molar-refractivity contribution >= 4 is 0 Å². The fourth-order valence-corrected chi connectivity index (χ4v) is 4.09. The van der Waals surface area contributed by atoms with Gasteiger partial charge in [-0.3, -0.25) is 0 Å². The molecule has 90 valence electrons. The highest BCUT2D eigenvalue weighted by Crippen LogP contribution is 2.50. The molecule has 1 aliphatic rings. The Morgan fingerprint density at radius 2 is 1.53 bits per heavy atom. The molecule has 0 aliphatic heterocycles. The highest BCUT2D eigenvalue weighted by atomic mass is 14.5. The van der Waals surface area contributed by atoms with E-state index >= 15 is 0 Å². The van der Waals surface area contributed by atoms with Crippen molar-refractivity contribution in [1.29, 1.82) is 0 Å². The van der Waals surface area contributed by atoms with Gasteiger partial charge in [-0.25, -0.2) is 0 Å². The molecule has 1 aliphatic carbocycles. The van der Waals surface area contributed by atoms with Gasteiger partial charge < -0.3 is 0 Å². The standard InChI is InChI=1S/C15H30/c1-7-12-9-14(10(3)4)15(11(5)6)13(12)8-2/h10-15H,7-9H2,1-6H3. The molecule has 0 spiro atoms. The van der Waals surface area contributed by atoms with Crippen molar-refractivity contribution in [2.45, 2.75) is 60.8 Å². The van der Waals surface area contributed by atoms with E-state index in [1.807, 2.05) is 0 Å². The molecule has 0 amide bonds. The Hall–Kier alpha value is 0. The van der Waals surface area contributed by atoms with E-state index in [-0.39, 0.29) is 0 Å². The van der Waals surface area contributed by atoms with Crippen LogP contribution in [-0.2, 0) is 0 Å². The zero-order valence-corrected chi connectivity index (χ0v) is 11.6. The zero-order valence-electron chi connectivity index (χ0n) is 11.6. The summed E-state index contributed by atoms with van der Waals surface area (Å²) in [5, 5.41) is 0. The Balaban J connectivity index is 2.83. The SMILES string of the molecule is CCC1CC(C(C)C)C(C(C)C)C1CC. The highest BCUT2D eigenvalue weighted by molar-refractivity contribution is 4.92. The normalized spacial score (nSPS) is 36.8. The molecular formula is C15H30. The van der Waals surface area contributed by atoms with Crippen LogP contribution in [-0.4, -0.2) is 0 Å². The van der Waals surface area contributed by atoms with Crippen molar-refractivity contribution in [2.75, 3.05) is 0 Å². The monoisotopic (exact) mass is 210 g/mol. The third-order valence-corrected chi connectivity index (χ3v) is 4.79. The van der Waals surface area contributed by atoms with E-state index in [2.05, 4.69) is 41.5 Å². The van der Waals surface area contributed by atoms with Crippen molar-refractivity contribution in [3.63, 3.8) is 0 Å². The van der Waals surface area contributed by atoms with Crippen LogP contribution in [0.5, 0.6) is 0 Å². The van der Waals surface area contributed by atoms with E-state index in [0.717, 1.165) is 35.5 Å². The number of rotatable bonds is 4. The Morgan fingerprint density at radius 1 is 0.933 bits per heavy atom. The van der Waals surface area contributed by atoms with Crippen LogP contribution in [0.25, 0.3) is 0 Å². The first-order valence-electron chi connectivity index (χ1n) is 7.02. The Bertz CT molecular complexity index is 178. The lowest BCUT2D eigenvalue weighted by Crippen LogP contribution is -2.25. The molecule has 1 rings (SSSR count). The molecule has 15 heavy (non-hydrogen) atoms. The first kappa shape index (κ1) is 13.1. The molecule has 0 aromatic heterocycles. The van der Waals surface area contributed by atoms with Gasteiger partial charge in [-0.1, -0.05) is 54.4 Å². The second-order valence-corrected chi connectivity index (χ2v) is 6.21. The van der Waals surface area contributed by atoms with Crippen LogP contribution in [0.3, 0.4) is 0 Å². The van der Waals surface area contributed by atoms with Crippen molar-refractivity contribution in [3.05, 3.63) is 0 Å². The Labute approximate surface area is 96.8 Å². The second kappa shape index (κ2) is 5.37. The topological polar surface area (TPSA) is 0 Å². The number of hydrogen-bond acceptors (Lipinski definition) is 0. The van der Waals surface area contributed by atoms with Gasteiger partial charge >= 0.3 is 0 Å². The summed E-state index contributed by atoms with van der Waals surface area (Å²) in [5.41, 5.74) is 0. The maximum absolute atomic E-state index is 2.43. The molecular weight excluding hydrogens is 180 g/mol. The van der Waals surface area contributed by atoms with Crippen LogP contribution in [0.2, 0.25) is 0 Å². The van der Waals surface area contributed by atoms with Crippen molar-refractivity contribution in [3.8, 4) is 0 Å². The molecule has 0 heteroatoms. The van der Waals surface area contributed by atoms with Gasteiger partial charge in [-0.15, -0.1) is 0 Å². The van der Waals surface area contributed by atoms with Crippen molar-refractivity contribution in [2.24, 2.45) is 35.5 Å². The summed E-state index contributed by atoms with van der Waals surface area (Å²) in [5.74, 6) is 5.74. The first-order chi connectivity index (χ1) is 7.02. The molecule has 0 nitrogen and oxygen atoms in total. The molecule has 0 heterocycles. The van der Waals surface area contributed by atoms with Gasteiger partial charge in [0.1, 0.15) is 0 Å². The molecule has 4 unspecified atom stereocenters. The predicted molar refractivity (Wildman–Crippen MR) is 68.8 cm³/mol. The zero-order chi connectivity index (χ0) is 11.6. The Kier molecular flexibility index (Phi) is 4.67. The van der Waals surface area contributed by atoms with E-state index in [4.69, 9.17) is 0 Å². The van der Waals surface area contributed by atoms with Crippen LogP contribution in [0.15, 0.2) is 0 Å². The van der Waals surface area contributed by atoms with Gasteiger partial charge in [0.05, 0.1) is 0 Å². The molecule has 0 aromatic rings. The smallest absolute Gasteiger partial charge is 0.0329 e. The third kappa shape index (κ3) is 2.57. The van der Waals surface area contributed by atoms with Crippen LogP contribution >= 0.6 is 0 Å². The fourth-order valence-electron chi connectivity index (χ4n) is 4.09. The van der Waals surface area contributed by atoms with Gasteiger partial charge in [-0.05, 0) is 41.9 Å². The van der Waals surface area contributed by atoms with Crippen LogP contribution in [0.1, 0.15) is 60.8 Å². The van der Waals surface area contributed by atoms with Gasteiger partial charge in [0.2, 0.25) is 0 Å². The molecule has 0 N–H and O–H groups in total. The minimum Gasteiger partial charge on any atom is -0.0651 e. The molecule has 4 atom stereocenters. The highest BCUT2D eigenvalue weighted by Gasteiger charge is 2.43. The summed E-state index contributed by atoms with van der Waals surface area (Å²) >= 11 is 0. The van der Waals surface area contributed by atoms with Crippen LogP contribution in [0, 0.1) is 35.5 Å². The quantitative estimate of drug-likeness (QED) is 0.613. The summed E-state index contributed by atoms with van der Waals surface area (Å²) in [7, 11) is 0. The molecule has 0 aromatic carbocycles. The van der Waals surface area contributed by atoms with Crippen molar-refractivity contribution in [1.82, 2.24) is 0 Å². The fraction of sp³-hybridized carbons (Fsp3) is 1.00. The van der Waals surface area contributed by atoms with Crippen LogP contribution < -0.4 is 0 Å². The summed E-state index contributed by atoms with van der Waals surface area (Å²) < 4.78 is 0. The van der Waals surface area contributed by atoms with E-state index < -0.39 is 0 Å². The van der Waals surface area contributed by atoms with Crippen molar-refractivity contribution < 1.29 is 0 Å². The van der Waals surface area contributed by atoms with E-state index in [9.17, 15) is 0 Å². The maximum Gasteiger partial charge on any atom is -0.0329 e. The number of hydrogen-bond donors (Lipinski definition) is 0. The first-order valence-corrected chi connectivity index (χ1v) is 7.02. The predicted octanol–water partition coefficient (Wildman–Crippen LogP) is 4.99. The van der Waals surface area contributed by atoms with Gasteiger partial charge in [0.25, 0.3) is 0 Å².